The molecule has 1 fully saturated rings. The van der Waals surface area contributed by atoms with Gasteiger partial charge >= 0.3 is 0 Å². The van der Waals surface area contributed by atoms with E-state index in [-0.39, 0.29) is 17.2 Å². The Morgan fingerprint density at radius 1 is 1.45 bits per heavy atom. The van der Waals surface area contributed by atoms with Crippen molar-refractivity contribution in [3.8, 4) is 0 Å². The number of fused-ring (bicyclic) bond motifs is 1. The lowest BCUT2D eigenvalue weighted by atomic mass is 10.1. The summed E-state index contributed by atoms with van der Waals surface area (Å²) in [6.45, 7) is 3.48. The van der Waals surface area contributed by atoms with Crippen LogP contribution in [0.5, 0.6) is 0 Å². The number of hydrogen-bond donors (Lipinski definition) is 3. The van der Waals surface area contributed by atoms with Crippen LogP contribution >= 0.6 is 11.8 Å². The molecule has 2 aromatic heterocycles. The van der Waals surface area contributed by atoms with Crippen LogP contribution in [-0.2, 0) is 0 Å². The van der Waals surface area contributed by atoms with Crippen molar-refractivity contribution in [1.82, 2.24) is 19.5 Å². The summed E-state index contributed by atoms with van der Waals surface area (Å²) in [5.41, 5.74) is 10.2. The van der Waals surface area contributed by atoms with Crippen LogP contribution in [0.4, 0.5) is 5.82 Å². The Morgan fingerprint density at radius 2 is 2.25 bits per heavy atom. The number of nitrogens with zero attached hydrogens (tertiary/aromatic N) is 4. The molecule has 0 amide bonds. The van der Waals surface area contributed by atoms with Crippen LogP contribution in [0.25, 0.3) is 11.2 Å². The molecule has 3 atom stereocenters. The first-order valence-electron chi connectivity index (χ1n) is 5.94. The van der Waals surface area contributed by atoms with Gasteiger partial charge in [-0.05, 0) is 0 Å². The van der Waals surface area contributed by atoms with E-state index >= 15 is 0 Å². The molecular weight excluding hydrogens is 278 g/mol. The highest BCUT2D eigenvalue weighted by atomic mass is 32.2. The molecule has 104 valence electrons. The molecule has 3 heterocycles. The molecule has 0 saturated carbocycles. The van der Waals surface area contributed by atoms with Crippen molar-refractivity contribution in [3.63, 3.8) is 0 Å². The lowest BCUT2D eigenvalue weighted by Gasteiger charge is -2.12. The molecule has 3 rings (SSSR count). The van der Waals surface area contributed by atoms with Crippen LogP contribution in [0.15, 0.2) is 30.5 Å². The van der Waals surface area contributed by atoms with Crippen LogP contribution < -0.4 is 5.73 Å². The largest absolute Gasteiger partial charge is 0.395 e. The maximum absolute atomic E-state index is 10.1. The first-order valence-corrected chi connectivity index (χ1v) is 6.89. The van der Waals surface area contributed by atoms with Gasteiger partial charge in [0, 0.05) is 5.57 Å². The minimum Gasteiger partial charge on any atom is -0.395 e. The molecule has 1 saturated heterocycles. The Bertz CT molecular complexity index is 709. The minimum absolute atomic E-state index is 0.128. The van der Waals surface area contributed by atoms with E-state index in [2.05, 4.69) is 27.3 Å². The molecular formula is C12H13N5O2S. The highest BCUT2D eigenvalue weighted by Crippen LogP contribution is 2.45. The first kappa shape index (κ1) is 13.1. The van der Waals surface area contributed by atoms with Gasteiger partial charge in [0.05, 0.1) is 24.3 Å². The fourth-order valence-electron chi connectivity index (χ4n) is 2.25. The molecule has 8 heteroatoms. The van der Waals surface area contributed by atoms with E-state index < -0.39 is 6.10 Å². The lowest BCUT2D eigenvalue weighted by molar-refractivity contribution is 0.172. The van der Waals surface area contributed by atoms with Crippen molar-refractivity contribution < 1.29 is 10.2 Å². The van der Waals surface area contributed by atoms with Crippen LogP contribution in [0, 0.1) is 0 Å². The van der Waals surface area contributed by atoms with E-state index in [1.54, 1.807) is 10.9 Å². The SMILES string of the molecule is C=C=C1C(O)[C@@H](CO)S[C@@H]1n1cnc2c(N)ncnc21. The number of anilines is 1. The molecule has 0 aromatic carbocycles. The van der Waals surface area contributed by atoms with E-state index in [4.69, 9.17) is 5.73 Å². The van der Waals surface area contributed by atoms with E-state index in [0.717, 1.165) is 0 Å². The minimum atomic E-state index is -0.788. The molecule has 7 nitrogen and oxygen atoms in total. The molecule has 4 N–H and O–H groups in total. The Labute approximate surface area is 118 Å². The molecule has 1 aliphatic heterocycles. The number of aliphatic hydroxyl groups excluding tert-OH is 2. The zero-order chi connectivity index (χ0) is 14.3. The molecule has 0 radical (unpaired) electrons. The van der Waals surface area contributed by atoms with Gasteiger partial charge in [0.15, 0.2) is 11.5 Å². The van der Waals surface area contributed by atoms with Crippen molar-refractivity contribution in [2.24, 2.45) is 0 Å². The third kappa shape index (κ3) is 1.82. The van der Waals surface area contributed by atoms with Gasteiger partial charge in [-0.15, -0.1) is 17.5 Å². The average molecular weight is 291 g/mol. The summed E-state index contributed by atoms with van der Waals surface area (Å²) in [6.07, 6.45) is 2.17. The molecule has 1 unspecified atom stereocenters. The second-order valence-electron chi connectivity index (χ2n) is 4.37. The number of aliphatic hydroxyl groups is 2. The van der Waals surface area contributed by atoms with Crippen LogP contribution in [0.1, 0.15) is 5.37 Å². The van der Waals surface area contributed by atoms with Crippen LogP contribution in [0.2, 0.25) is 0 Å². The van der Waals surface area contributed by atoms with Crippen molar-refractivity contribution in [2.45, 2.75) is 16.7 Å². The quantitative estimate of drug-likeness (QED) is 0.672. The Balaban J connectivity index is 2.12. The average Bonchev–Trinajstić information content (AvgIpc) is 3.00. The number of nitrogens with two attached hydrogens (primary N) is 1. The molecule has 2 aromatic rings. The maximum atomic E-state index is 10.1. The fourth-order valence-corrected chi connectivity index (χ4v) is 3.62. The van der Waals surface area contributed by atoms with Gasteiger partial charge < -0.3 is 15.9 Å². The van der Waals surface area contributed by atoms with Gasteiger partial charge in [0.1, 0.15) is 17.2 Å². The summed E-state index contributed by atoms with van der Waals surface area (Å²) in [7, 11) is 0. The second kappa shape index (κ2) is 4.92. The number of nitrogen functional groups attached to an aromatic ring is 1. The predicted molar refractivity (Wildman–Crippen MR) is 75.9 cm³/mol. The molecule has 0 bridgehead atoms. The van der Waals surface area contributed by atoms with Gasteiger partial charge in [-0.1, -0.05) is 6.58 Å². The number of imidazole rings is 1. The van der Waals surface area contributed by atoms with Crippen molar-refractivity contribution in [2.75, 3.05) is 12.3 Å². The zero-order valence-electron chi connectivity index (χ0n) is 10.5. The topological polar surface area (TPSA) is 110 Å². The van der Waals surface area contributed by atoms with Gasteiger partial charge in [-0.3, -0.25) is 4.57 Å². The summed E-state index contributed by atoms with van der Waals surface area (Å²) < 4.78 is 1.78. The Kier molecular flexibility index (Phi) is 3.23. The smallest absolute Gasteiger partial charge is 0.166 e. The normalized spacial score (nSPS) is 26.1. The summed E-state index contributed by atoms with van der Waals surface area (Å²) in [5, 5.41) is 18.9. The standard InChI is InChI=1S/C12H13N5O2S/c1-2-6-9(19)7(3-18)20-12(6)17-5-16-8-10(13)14-4-15-11(8)17/h4-5,7,9,12,18-19H,1,3H2,(H2,13,14,15)/t7-,9?,12+/m1/s1. The summed E-state index contributed by atoms with van der Waals surface area (Å²) in [4.78, 5) is 12.3. The number of hydrogen-bond acceptors (Lipinski definition) is 7. The van der Waals surface area contributed by atoms with Crippen LogP contribution in [0.3, 0.4) is 0 Å². The van der Waals surface area contributed by atoms with Crippen molar-refractivity contribution in [3.05, 3.63) is 30.5 Å². The Morgan fingerprint density at radius 3 is 2.95 bits per heavy atom. The van der Waals surface area contributed by atoms with Crippen molar-refractivity contribution in [1.29, 1.82) is 0 Å². The van der Waals surface area contributed by atoms with Gasteiger partial charge in [0.25, 0.3) is 0 Å². The maximum Gasteiger partial charge on any atom is 0.166 e. The third-order valence-corrected chi connectivity index (χ3v) is 4.76. The second-order valence-corrected chi connectivity index (χ2v) is 5.69. The highest BCUT2D eigenvalue weighted by Gasteiger charge is 2.39. The van der Waals surface area contributed by atoms with Crippen molar-refractivity contribution >= 4 is 28.7 Å². The van der Waals surface area contributed by atoms with Gasteiger partial charge in [-0.25, -0.2) is 15.0 Å². The van der Waals surface area contributed by atoms with E-state index in [0.29, 0.717) is 22.6 Å². The molecule has 1 aliphatic rings. The number of thioether (sulfide) groups is 1. The number of rotatable bonds is 2. The first-order chi connectivity index (χ1) is 9.67. The highest BCUT2D eigenvalue weighted by molar-refractivity contribution is 8.00. The van der Waals surface area contributed by atoms with Crippen LogP contribution in [-0.4, -0.2) is 47.7 Å². The number of aromatic nitrogens is 4. The van der Waals surface area contributed by atoms with E-state index in [1.807, 2.05) is 0 Å². The Hall–Kier alpha value is -1.86. The van der Waals surface area contributed by atoms with E-state index in [1.165, 1.54) is 18.1 Å². The van der Waals surface area contributed by atoms with Gasteiger partial charge in [-0.2, -0.15) is 0 Å². The molecule has 0 spiro atoms. The molecule has 0 aliphatic carbocycles. The van der Waals surface area contributed by atoms with Gasteiger partial charge in [0.2, 0.25) is 0 Å². The molecule has 20 heavy (non-hydrogen) atoms. The zero-order valence-corrected chi connectivity index (χ0v) is 11.3. The van der Waals surface area contributed by atoms with E-state index in [9.17, 15) is 10.2 Å². The monoisotopic (exact) mass is 291 g/mol. The summed E-state index contributed by atoms with van der Waals surface area (Å²) in [6, 6.07) is 0. The fraction of sp³-hybridized carbons (Fsp3) is 0.333. The third-order valence-electron chi connectivity index (χ3n) is 3.26. The summed E-state index contributed by atoms with van der Waals surface area (Å²) >= 11 is 1.41. The summed E-state index contributed by atoms with van der Waals surface area (Å²) in [5.74, 6) is 0.306. The predicted octanol–water partition coefficient (Wildman–Crippen LogP) is 0.0870. The lowest BCUT2D eigenvalue weighted by Crippen LogP contribution is -2.22.